The van der Waals surface area contributed by atoms with E-state index < -0.39 is 23.2 Å². The van der Waals surface area contributed by atoms with Crippen LogP contribution in [0, 0.1) is 6.92 Å². The van der Waals surface area contributed by atoms with Crippen molar-refractivity contribution in [2.45, 2.75) is 45.6 Å². The standard InChI is InChI=1S/C30H32N4O6S/c1-17-6-7-18(25(35)12-20(19-8-9-41-16-19)14-32-29(38)40-30(2,3)4)11-23(17)33-27(36)22-10-21-15-31-26(39-5)13-24(21)34-28(22)37/h6-11,13,15-16,20H,12,14H2,1-5H3,(H,32,38)(H,33,36)(H,34,37). The van der Waals surface area contributed by atoms with Gasteiger partial charge in [-0.3, -0.25) is 14.4 Å². The van der Waals surface area contributed by atoms with Gasteiger partial charge in [-0.1, -0.05) is 12.1 Å². The van der Waals surface area contributed by atoms with Crippen molar-refractivity contribution in [1.29, 1.82) is 0 Å². The Morgan fingerprint density at radius 3 is 2.59 bits per heavy atom. The molecule has 0 saturated carbocycles. The molecule has 0 saturated heterocycles. The molecule has 1 atom stereocenters. The number of thiophene rings is 1. The third kappa shape index (κ3) is 7.57. The van der Waals surface area contributed by atoms with Crippen LogP contribution in [0.15, 0.2) is 58.1 Å². The number of carbonyl (C=O) groups is 3. The molecule has 0 aliphatic heterocycles. The predicted octanol–water partition coefficient (Wildman–Crippen LogP) is 5.44. The zero-order valence-corrected chi connectivity index (χ0v) is 24.3. The van der Waals surface area contributed by atoms with Crippen molar-refractivity contribution >= 4 is 45.7 Å². The Hall–Kier alpha value is -4.51. The molecule has 0 bridgehead atoms. The molecule has 3 aromatic heterocycles. The highest BCUT2D eigenvalue weighted by Gasteiger charge is 2.22. The van der Waals surface area contributed by atoms with E-state index in [-0.39, 0.29) is 30.2 Å². The van der Waals surface area contributed by atoms with Crippen molar-refractivity contribution in [1.82, 2.24) is 15.3 Å². The molecule has 4 aromatic rings. The van der Waals surface area contributed by atoms with Crippen LogP contribution >= 0.6 is 11.3 Å². The number of nitrogens with zero attached hydrogens (tertiary/aromatic N) is 1. The minimum absolute atomic E-state index is 0.0914. The Kier molecular flexibility index (Phi) is 8.87. The maximum Gasteiger partial charge on any atom is 0.407 e. The second-order valence-electron chi connectivity index (χ2n) is 10.6. The van der Waals surface area contributed by atoms with Crippen LogP contribution in [0.2, 0.25) is 0 Å². The van der Waals surface area contributed by atoms with Gasteiger partial charge < -0.3 is 25.1 Å². The number of aromatic amines is 1. The van der Waals surface area contributed by atoms with Gasteiger partial charge >= 0.3 is 6.09 Å². The highest BCUT2D eigenvalue weighted by Crippen LogP contribution is 2.26. The van der Waals surface area contributed by atoms with E-state index in [1.165, 1.54) is 30.7 Å². The predicted molar refractivity (Wildman–Crippen MR) is 158 cm³/mol. The fourth-order valence-electron chi connectivity index (χ4n) is 4.16. The van der Waals surface area contributed by atoms with Crippen LogP contribution in [-0.4, -0.2) is 47.0 Å². The van der Waals surface area contributed by atoms with Crippen LogP contribution in [0.4, 0.5) is 10.5 Å². The highest BCUT2D eigenvalue weighted by atomic mass is 32.1. The Labute approximate surface area is 241 Å². The number of hydrogen-bond acceptors (Lipinski definition) is 8. The van der Waals surface area contributed by atoms with Gasteiger partial charge in [0.15, 0.2) is 5.78 Å². The molecule has 2 amide bonds. The van der Waals surface area contributed by atoms with E-state index in [9.17, 15) is 19.2 Å². The molecule has 11 heteroatoms. The summed E-state index contributed by atoms with van der Waals surface area (Å²) in [5, 5.41) is 9.96. The van der Waals surface area contributed by atoms with Gasteiger partial charge in [-0.25, -0.2) is 9.78 Å². The average Bonchev–Trinajstić information content (AvgIpc) is 3.45. The average molecular weight is 577 g/mol. The molecule has 41 heavy (non-hydrogen) atoms. The zero-order valence-electron chi connectivity index (χ0n) is 23.5. The topological polar surface area (TPSA) is 139 Å². The minimum Gasteiger partial charge on any atom is -0.481 e. The lowest BCUT2D eigenvalue weighted by Crippen LogP contribution is -2.35. The Morgan fingerprint density at radius 2 is 1.90 bits per heavy atom. The number of fused-ring (bicyclic) bond motifs is 1. The van der Waals surface area contributed by atoms with Crippen LogP contribution < -0.4 is 20.9 Å². The molecule has 0 fully saturated rings. The molecule has 3 N–H and O–H groups in total. The molecule has 4 rings (SSSR count). The van der Waals surface area contributed by atoms with Crippen molar-refractivity contribution in [3.63, 3.8) is 0 Å². The number of carbonyl (C=O) groups excluding carboxylic acids is 3. The fourth-order valence-corrected chi connectivity index (χ4v) is 4.90. The molecule has 1 unspecified atom stereocenters. The van der Waals surface area contributed by atoms with Crippen LogP contribution in [0.1, 0.15) is 65.0 Å². The minimum atomic E-state index is -0.636. The van der Waals surface area contributed by atoms with Gasteiger partial charge in [-0.2, -0.15) is 11.3 Å². The summed E-state index contributed by atoms with van der Waals surface area (Å²) < 4.78 is 10.4. The number of aromatic nitrogens is 2. The van der Waals surface area contributed by atoms with E-state index >= 15 is 0 Å². The van der Waals surface area contributed by atoms with E-state index in [0.717, 1.165) is 11.1 Å². The molecule has 214 valence electrons. The fraction of sp³-hybridized carbons (Fsp3) is 0.300. The molecule has 0 aliphatic carbocycles. The van der Waals surface area contributed by atoms with E-state index in [1.54, 1.807) is 52.0 Å². The molecule has 3 heterocycles. The van der Waals surface area contributed by atoms with Crippen molar-refractivity contribution in [2.75, 3.05) is 19.0 Å². The van der Waals surface area contributed by atoms with Crippen LogP contribution in [-0.2, 0) is 4.74 Å². The lowest BCUT2D eigenvalue weighted by molar-refractivity contribution is 0.0522. The first-order valence-electron chi connectivity index (χ1n) is 12.9. The van der Waals surface area contributed by atoms with Gasteiger partial charge in [0.25, 0.3) is 11.5 Å². The molecule has 1 aromatic carbocycles. The van der Waals surface area contributed by atoms with Crippen molar-refractivity contribution in [3.8, 4) is 5.88 Å². The second-order valence-corrected chi connectivity index (χ2v) is 11.4. The number of ketones is 1. The van der Waals surface area contributed by atoms with Crippen molar-refractivity contribution < 1.29 is 23.9 Å². The number of methoxy groups -OCH3 is 1. The van der Waals surface area contributed by atoms with Gasteiger partial charge in [0, 0.05) is 47.8 Å². The normalized spacial score (nSPS) is 12.0. The Balaban J connectivity index is 1.51. The van der Waals surface area contributed by atoms with E-state index in [0.29, 0.717) is 28.0 Å². The number of hydrogen-bond donors (Lipinski definition) is 3. The lowest BCUT2D eigenvalue weighted by atomic mass is 9.92. The van der Waals surface area contributed by atoms with Gasteiger partial charge in [0.05, 0.1) is 12.6 Å². The van der Waals surface area contributed by atoms with E-state index in [4.69, 9.17) is 9.47 Å². The smallest absolute Gasteiger partial charge is 0.407 e. The third-order valence-corrected chi connectivity index (χ3v) is 7.00. The van der Waals surface area contributed by atoms with Gasteiger partial charge in [0.2, 0.25) is 5.88 Å². The van der Waals surface area contributed by atoms with E-state index in [1.807, 2.05) is 16.8 Å². The monoisotopic (exact) mass is 576 g/mol. The zero-order chi connectivity index (χ0) is 29.7. The summed E-state index contributed by atoms with van der Waals surface area (Å²) in [6.07, 6.45) is 1.08. The van der Waals surface area contributed by atoms with Gasteiger partial charge in [-0.05, 0) is 67.8 Å². The summed E-state index contributed by atoms with van der Waals surface area (Å²) >= 11 is 1.51. The number of benzene rings is 1. The number of ether oxygens (including phenoxy) is 2. The lowest BCUT2D eigenvalue weighted by Gasteiger charge is -2.21. The van der Waals surface area contributed by atoms with Crippen LogP contribution in [0.5, 0.6) is 5.88 Å². The Bertz CT molecular complexity index is 1640. The summed E-state index contributed by atoms with van der Waals surface area (Å²) in [5.41, 5.74) is 1.66. The number of rotatable bonds is 9. The molecule has 0 spiro atoms. The summed E-state index contributed by atoms with van der Waals surface area (Å²) in [6, 6.07) is 9.99. The number of aryl methyl sites for hydroxylation is 1. The van der Waals surface area contributed by atoms with Gasteiger partial charge in [-0.15, -0.1) is 0 Å². The number of nitrogens with one attached hydrogen (secondary N) is 3. The number of pyridine rings is 2. The second kappa shape index (κ2) is 12.3. The number of anilines is 1. The molecule has 0 aliphatic rings. The summed E-state index contributed by atoms with van der Waals surface area (Å²) in [7, 11) is 1.47. The van der Waals surface area contributed by atoms with Gasteiger partial charge in [0.1, 0.15) is 11.2 Å². The summed E-state index contributed by atoms with van der Waals surface area (Å²) in [4.78, 5) is 58.2. The molecule has 10 nitrogen and oxygen atoms in total. The Morgan fingerprint density at radius 1 is 1.12 bits per heavy atom. The SMILES string of the molecule is COc1cc2[nH]c(=O)c(C(=O)Nc3cc(C(=O)CC(CNC(=O)OC(C)(C)C)c4ccsc4)ccc3C)cc2cn1. The molecular weight excluding hydrogens is 544 g/mol. The van der Waals surface area contributed by atoms with Crippen molar-refractivity contribution in [3.05, 3.63) is 86.0 Å². The van der Waals surface area contributed by atoms with E-state index in [2.05, 4.69) is 20.6 Å². The maximum absolute atomic E-state index is 13.4. The first kappa shape index (κ1) is 29.5. The molecular formula is C30H32N4O6S. The highest BCUT2D eigenvalue weighted by molar-refractivity contribution is 7.08. The number of H-pyrrole nitrogens is 1. The first-order chi connectivity index (χ1) is 19.4. The van der Waals surface area contributed by atoms with Crippen molar-refractivity contribution in [2.24, 2.45) is 0 Å². The largest absolute Gasteiger partial charge is 0.481 e. The third-order valence-electron chi connectivity index (χ3n) is 6.30. The van der Waals surface area contributed by atoms with Crippen LogP contribution in [0.25, 0.3) is 10.9 Å². The number of Topliss-reactive ketones (excluding diaryl/α,β-unsaturated/α-hetero) is 1. The molecule has 0 radical (unpaired) electrons. The summed E-state index contributed by atoms with van der Waals surface area (Å²) in [6.45, 7) is 7.36. The number of amides is 2. The summed E-state index contributed by atoms with van der Waals surface area (Å²) in [5.74, 6) is -0.714. The number of alkyl carbamates (subject to hydrolysis) is 1. The quantitative estimate of drug-likeness (QED) is 0.226. The first-order valence-corrected chi connectivity index (χ1v) is 13.9. The van der Waals surface area contributed by atoms with Crippen LogP contribution in [0.3, 0.4) is 0 Å². The maximum atomic E-state index is 13.4.